The topological polar surface area (TPSA) is 51.5 Å². The van der Waals surface area contributed by atoms with E-state index in [1.165, 1.54) is 0 Å². The molecule has 0 saturated heterocycles. The van der Waals surface area contributed by atoms with E-state index >= 15 is 0 Å². The highest BCUT2D eigenvalue weighted by Gasteiger charge is 2.21. The van der Waals surface area contributed by atoms with Gasteiger partial charge in [-0.2, -0.15) is 0 Å². The van der Waals surface area contributed by atoms with Crippen LogP contribution in [-0.4, -0.2) is 13.0 Å². The smallest absolute Gasteiger partial charge is 0.287 e. The fourth-order valence-electron chi connectivity index (χ4n) is 2.75. The summed E-state index contributed by atoms with van der Waals surface area (Å²) in [6.45, 7) is 4.15. The summed E-state index contributed by atoms with van der Waals surface area (Å²) in [6, 6.07) is 17.0. The minimum Gasteiger partial charge on any atom is -0.497 e. The van der Waals surface area contributed by atoms with Crippen molar-refractivity contribution in [1.29, 1.82) is 0 Å². The van der Waals surface area contributed by atoms with Gasteiger partial charge in [-0.25, -0.2) is 0 Å². The van der Waals surface area contributed by atoms with Crippen LogP contribution in [0.1, 0.15) is 36.0 Å². The second-order valence-electron chi connectivity index (χ2n) is 6.12. The molecule has 4 heteroatoms. The number of nitrogens with one attached hydrogen (secondary N) is 1. The highest BCUT2D eigenvalue weighted by molar-refractivity contribution is 5.96. The summed E-state index contributed by atoms with van der Waals surface area (Å²) in [7, 11) is 1.64. The van der Waals surface area contributed by atoms with Crippen molar-refractivity contribution in [3.8, 4) is 5.75 Å². The molecule has 1 heterocycles. The highest BCUT2D eigenvalue weighted by Crippen LogP contribution is 2.25. The van der Waals surface area contributed by atoms with Crippen LogP contribution in [-0.2, 0) is 0 Å². The Morgan fingerprint density at radius 3 is 2.42 bits per heavy atom. The molecule has 1 aromatic heterocycles. The number of rotatable bonds is 5. The zero-order valence-corrected chi connectivity index (χ0v) is 14.1. The van der Waals surface area contributed by atoms with Gasteiger partial charge in [0.1, 0.15) is 11.3 Å². The first-order valence-corrected chi connectivity index (χ1v) is 8.02. The molecule has 0 aliphatic carbocycles. The molecular formula is C20H21NO3. The van der Waals surface area contributed by atoms with Crippen molar-refractivity contribution in [3.05, 3.63) is 65.9 Å². The number of hydrogen-bond acceptors (Lipinski definition) is 3. The second kappa shape index (κ2) is 6.79. The minimum atomic E-state index is -0.208. The standard InChI is InChI=1S/C20H21NO3/c1-13(2)19(14-8-10-16(23-3)11-9-14)21-20(22)18-12-15-6-4-5-7-17(15)24-18/h4-13,19H,1-3H3,(H,21,22). The summed E-state index contributed by atoms with van der Waals surface area (Å²) in [5, 5.41) is 4.00. The van der Waals surface area contributed by atoms with Gasteiger partial charge in [-0.3, -0.25) is 4.79 Å². The van der Waals surface area contributed by atoms with E-state index in [2.05, 4.69) is 19.2 Å². The number of amides is 1. The maximum absolute atomic E-state index is 12.6. The number of furan rings is 1. The maximum atomic E-state index is 12.6. The lowest BCUT2D eigenvalue weighted by Gasteiger charge is -2.22. The van der Waals surface area contributed by atoms with Crippen LogP contribution >= 0.6 is 0 Å². The van der Waals surface area contributed by atoms with Crippen LogP contribution in [0.25, 0.3) is 11.0 Å². The lowest BCUT2D eigenvalue weighted by Crippen LogP contribution is -2.31. The molecule has 1 N–H and O–H groups in total. The van der Waals surface area contributed by atoms with Crippen LogP contribution in [0.2, 0.25) is 0 Å². The minimum absolute atomic E-state index is 0.100. The second-order valence-corrected chi connectivity index (χ2v) is 6.12. The van der Waals surface area contributed by atoms with Crippen LogP contribution in [0.4, 0.5) is 0 Å². The van der Waals surface area contributed by atoms with Gasteiger partial charge in [-0.1, -0.05) is 44.2 Å². The molecule has 0 spiro atoms. The Balaban J connectivity index is 1.82. The number of hydrogen-bond donors (Lipinski definition) is 1. The number of carbonyl (C=O) groups is 1. The van der Waals surface area contributed by atoms with E-state index in [0.29, 0.717) is 11.3 Å². The maximum Gasteiger partial charge on any atom is 0.287 e. The van der Waals surface area contributed by atoms with Crippen LogP contribution in [0.15, 0.2) is 59.0 Å². The molecule has 0 saturated carbocycles. The van der Waals surface area contributed by atoms with Crippen molar-refractivity contribution in [2.24, 2.45) is 5.92 Å². The molecule has 1 amide bonds. The number of ether oxygens (including phenoxy) is 1. The van der Waals surface area contributed by atoms with Gasteiger partial charge in [-0.15, -0.1) is 0 Å². The van der Waals surface area contributed by atoms with Crippen LogP contribution in [0, 0.1) is 5.92 Å². The van der Waals surface area contributed by atoms with E-state index < -0.39 is 0 Å². The van der Waals surface area contributed by atoms with Crippen molar-refractivity contribution >= 4 is 16.9 Å². The Labute approximate surface area is 141 Å². The number of benzene rings is 2. The first-order chi connectivity index (χ1) is 11.6. The van der Waals surface area contributed by atoms with Gasteiger partial charge in [0.05, 0.1) is 13.2 Å². The van der Waals surface area contributed by atoms with Crippen LogP contribution < -0.4 is 10.1 Å². The Hall–Kier alpha value is -2.75. The Morgan fingerprint density at radius 2 is 1.79 bits per heavy atom. The molecule has 0 radical (unpaired) electrons. The Morgan fingerprint density at radius 1 is 1.08 bits per heavy atom. The highest BCUT2D eigenvalue weighted by atomic mass is 16.5. The number of para-hydroxylation sites is 1. The normalized spacial score (nSPS) is 12.3. The van der Waals surface area contributed by atoms with Crippen molar-refractivity contribution in [3.63, 3.8) is 0 Å². The zero-order chi connectivity index (χ0) is 17.1. The van der Waals surface area contributed by atoms with E-state index in [4.69, 9.17) is 9.15 Å². The molecule has 3 rings (SSSR count). The Kier molecular flexibility index (Phi) is 4.56. The van der Waals surface area contributed by atoms with Crippen molar-refractivity contribution < 1.29 is 13.9 Å². The summed E-state index contributed by atoms with van der Waals surface area (Å²) in [4.78, 5) is 12.6. The molecular weight excluding hydrogens is 302 g/mol. The third kappa shape index (κ3) is 3.27. The summed E-state index contributed by atoms with van der Waals surface area (Å²) in [5.41, 5.74) is 1.75. The molecule has 0 aliphatic heterocycles. The van der Waals surface area contributed by atoms with E-state index in [0.717, 1.165) is 16.7 Å². The summed E-state index contributed by atoms with van der Waals surface area (Å²) >= 11 is 0. The van der Waals surface area contributed by atoms with Crippen molar-refractivity contribution in [2.45, 2.75) is 19.9 Å². The van der Waals surface area contributed by atoms with E-state index in [-0.39, 0.29) is 17.9 Å². The average Bonchev–Trinajstić information content (AvgIpc) is 3.03. The SMILES string of the molecule is COc1ccc(C(NC(=O)c2cc3ccccc3o2)C(C)C)cc1. The van der Waals surface area contributed by atoms with Crippen molar-refractivity contribution in [2.75, 3.05) is 7.11 Å². The summed E-state index contributed by atoms with van der Waals surface area (Å²) in [6.07, 6.45) is 0. The first-order valence-electron chi connectivity index (χ1n) is 8.02. The molecule has 1 unspecified atom stereocenters. The lowest BCUT2D eigenvalue weighted by molar-refractivity contribution is 0.0899. The summed E-state index contributed by atoms with van der Waals surface area (Å²) in [5.74, 6) is 1.16. The molecule has 124 valence electrons. The Bertz CT molecular complexity index is 800. The van der Waals surface area contributed by atoms with Crippen LogP contribution in [0.5, 0.6) is 5.75 Å². The van der Waals surface area contributed by atoms with E-state index in [9.17, 15) is 4.79 Å². The molecule has 0 fully saturated rings. The van der Waals surface area contributed by atoms with Gasteiger partial charge in [0.2, 0.25) is 0 Å². The number of methoxy groups -OCH3 is 1. The zero-order valence-electron chi connectivity index (χ0n) is 14.1. The molecule has 24 heavy (non-hydrogen) atoms. The lowest BCUT2D eigenvalue weighted by atomic mass is 9.96. The van der Waals surface area contributed by atoms with E-state index in [1.54, 1.807) is 13.2 Å². The first kappa shape index (κ1) is 16.1. The fraction of sp³-hybridized carbons (Fsp3) is 0.250. The summed E-state index contributed by atoms with van der Waals surface area (Å²) < 4.78 is 10.8. The molecule has 2 aromatic carbocycles. The van der Waals surface area contributed by atoms with Gasteiger partial charge in [0, 0.05) is 5.39 Å². The quantitative estimate of drug-likeness (QED) is 0.748. The molecule has 3 aromatic rings. The third-order valence-corrected chi connectivity index (χ3v) is 4.08. The van der Waals surface area contributed by atoms with Gasteiger partial charge in [0.15, 0.2) is 5.76 Å². The predicted molar refractivity (Wildman–Crippen MR) is 94.3 cm³/mol. The molecule has 1 atom stereocenters. The predicted octanol–water partition coefficient (Wildman–Crippen LogP) is 4.57. The third-order valence-electron chi connectivity index (χ3n) is 4.08. The van der Waals surface area contributed by atoms with Gasteiger partial charge < -0.3 is 14.5 Å². The van der Waals surface area contributed by atoms with E-state index in [1.807, 2.05) is 48.5 Å². The largest absolute Gasteiger partial charge is 0.497 e. The van der Waals surface area contributed by atoms with Gasteiger partial charge in [0.25, 0.3) is 5.91 Å². The monoisotopic (exact) mass is 323 g/mol. The van der Waals surface area contributed by atoms with Gasteiger partial charge in [-0.05, 0) is 35.7 Å². The van der Waals surface area contributed by atoms with Crippen LogP contribution in [0.3, 0.4) is 0 Å². The van der Waals surface area contributed by atoms with Gasteiger partial charge >= 0.3 is 0 Å². The number of carbonyl (C=O) groups excluding carboxylic acids is 1. The van der Waals surface area contributed by atoms with Crippen molar-refractivity contribution in [1.82, 2.24) is 5.32 Å². The molecule has 4 nitrogen and oxygen atoms in total. The average molecular weight is 323 g/mol. The molecule has 0 aliphatic rings. The molecule has 0 bridgehead atoms. The fourth-order valence-corrected chi connectivity index (χ4v) is 2.75. The number of fused-ring (bicyclic) bond motifs is 1.